The second-order valence-electron chi connectivity index (χ2n) is 3.77. The van der Waals surface area contributed by atoms with Gasteiger partial charge in [0.1, 0.15) is 0 Å². The fourth-order valence-electron chi connectivity index (χ4n) is 1.43. The number of hydrogen-bond acceptors (Lipinski definition) is 2. The first-order chi connectivity index (χ1) is 6.16. The number of ether oxygens (including phenoxy) is 2. The van der Waals surface area contributed by atoms with Gasteiger partial charge in [-0.15, -0.1) is 0 Å². The summed E-state index contributed by atoms with van der Waals surface area (Å²) in [5.74, 6) is -0.315. The molecule has 0 spiro atoms. The van der Waals surface area contributed by atoms with Gasteiger partial charge in [-0.25, -0.2) is 0 Å². The van der Waals surface area contributed by atoms with Crippen molar-refractivity contribution in [2.24, 2.45) is 0 Å². The quantitative estimate of drug-likeness (QED) is 0.625. The summed E-state index contributed by atoms with van der Waals surface area (Å²) >= 11 is 0. The zero-order chi connectivity index (χ0) is 9.73. The third-order valence-electron chi connectivity index (χ3n) is 2.55. The maximum atomic E-state index is 5.50. The molecule has 0 aromatic rings. The van der Waals surface area contributed by atoms with Crippen LogP contribution in [0.1, 0.15) is 40.0 Å². The smallest absolute Gasteiger partial charge is 0.166 e. The Bertz CT molecular complexity index is 179. The zero-order valence-electron chi connectivity index (χ0n) is 8.93. The fraction of sp³-hybridized carbons (Fsp3) is 0.818. The highest BCUT2D eigenvalue weighted by Crippen LogP contribution is 2.24. The van der Waals surface area contributed by atoms with Crippen LogP contribution in [0.4, 0.5) is 0 Å². The predicted octanol–water partition coefficient (Wildman–Crippen LogP) is 2.89. The Morgan fingerprint density at radius 3 is 2.54 bits per heavy atom. The maximum Gasteiger partial charge on any atom is 0.166 e. The van der Waals surface area contributed by atoms with E-state index in [4.69, 9.17) is 9.47 Å². The van der Waals surface area contributed by atoms with Crippen molar-refractivity contribution in [2.75, 3.05) is 13.2 Å². The Hall–Kier alpha value is -0.340. The van der Waals surface area contributed by atoms with E-state index in [-0.39, 0.29) is 5.79 Å². The molecule has 0 unspecified atom stereocenters. The van der Waals surface area contributed by atoms with Crippen molar-refractivity contribution in [2.45, 2.75) is 45.8 Å². The first-order valence-corrected chi connectivity index (χ1v) is 5.10. The Balaban J connectivity index is 2.25. The van der Waals surface area contributed by atoms with Crippen LogP contribution in [0.5, 0.6) is 0 Å². The largest absolute Gasteiger partial charge is 0.348 e. The minimum absolute atomic E-state index is 0.315. The lowest BCUT2D eigenvalue weighted by atomic mass is 10.1. The van der Waals surface area contributed by atoms with Gasteiger partial charge in [0.25, 0.3) is 0 Å². The van der Waals surface area contributed by atoms with E-state index in [0.29, 0.717) is 0 Å². The third kappa shape index (κ3) is 3.49. The van der Waals surface area contributed by atoms with Gasteiger partial charge in [0.05, 0.1) is 13.2 Å². The van der Waals surface area contributed by atoms with Crippen LogP contribution < -0.4 is 0 Å². The third-order valence-corrected chi connectivity index (χ3v) is 2.55. The summed E-state index contributed by atoms with van der Waals surface area (Å²) in [5.41, 5.74) is 1.45. The molecule has 0 radical (unpaired) electrons. The van der Waals surface area contributed by atoms with Gasteiger partial charge < -0.3 is 9.47 Å². The molecule has 2 heteroatoms. The van der Waals surface area contributed by atoms with Gasteiger partial charge in [0, 0.05) is 6.42 Å². The molecule has 1 fully saturated rings. The van der Waals surface area contributed by atoms with Crippen LogP contribution in [0, 0.1) is 0 Å². The van der Waals surface area contributed by atoms with E-state index >= 15 is 0 Å². The summed E-state index contributed by atoms with van der Waals surface area (Å²) in [5, 5.41) is 0. The lowest BCUT2D eigenvalue weighted by Crippen LogP contribution is -2.24. The van der Waals surface area contributed by atoms with Crippen LogP contribution in [-0.4, -0.2) is 19.0 Å². The normalized spacial score (nSPS) is 22.2. The molecule has 0 saturated carbocycles. The summed E-state index contributed by atoms with van der Waals surface area (Å²) in [6.07, 6.45) is 5.43. The Morgan fingerprint density at radius 2 is 2.00 bits per heavy atom. The molecule has 1 aliphatic rings. The van der Waals surface area contributed by atoms with Gasteiger partial charge in [0.2, 0.25) is 0 Å². The molecule has 0 aromatic heterocycles. The van der Waals surface area contributed by atoms with Crippen molar-refractivity contribution in [1.29, 1.82) is 0 Å². The van der Waals surface area contributed by atoms with Crippen LogP contribution in [0.25, 0.3) is 0 Å². The van der Waals surface area contributed by atoms with E-state index in [2.05, 4.69) is 19.9 Å². The van der Waals surface area contributed by atoms with Gasteiger partial charge in [0.15, 0.2) is 5.79 Å². The molecule has 0 N–H and O–H groups in total. The lowest BCUT2D eigenvalue weighted by Gasteiger charge is -2.21. The van der Waals surface area contributed by atoms with Crippen molar-refractivity contribution in [1.82, 2.24) is 0 Å². The first-order valence-electron chi connectivity index (χ1n) is 5.10. The molecular weight excluding hydrogens is 164 g/mol. The van der Waals surface area contributed by atoms with Gasteiger partial charge >= 0.3 is 0 Å². The zero-order valence-corrected chi connectivity index (χ0v) is 8.93. The average molecular weight is 184 g/mol. The SMILES string of the molecule is CCC(C)=CCCC1(C)OCCO1. The molecule has 0 aromatic carbocycles. The van der Waals surface area contributed by atoms with E-state index in [1.54, 1.807) is 0 Å². The Kier molecular flexibility index (Phi) is 3.94. The van der Waals surface area contributed by atoms with Crippen LogP contribution in [0.2, 0.25) is 0 Å². The topological polar surface area (TPSA) is 18.5 Å². The molecular formula is C11H20O2. The van der Waals surface area contributed by atoms with Crippen molar-refractivity contribution in [3.63, 3.8) is 0 Å². The van der Waals surface area contributed by atoms with Gasteiger partial charge in [-0.2, -0.15) is 0 Å². The lowest BCUT2D eigenvalue weighted by molar-refractivity contribution is -0.145. The summed E-state index contributed by atoms with van der Waals surface area (Å²) in [6, 6.07) is 0. The van der Waals surface area contributed by atoms with E-state index in [1.165, 1.54) is 5.57 Å². The minimum Gasteiger partial charge on any atom is -0.348 e. The number of allylic oxidation sites excluding steroid dienone is 2. The standard InChI is InChI=1S/C11H20O2/c1-4-10(2)6-5-7-11(3)12-8-9-13-11/h6H,4-5,7-9H2,1-3H3. The van der Waals surface area contributed by atoms with Crippen LogP contribution >= 0.6 is 0 Å². The summed E-state index contributed by atoms with van der Waals surface area (Å²) in [7, 11) is 0. The van der Waals surface area contributed by atoms with Gasteiger partial charge in [-0.3, -0.25) is 0 Å². The van der Waals surface area contributed by atoms with Crippen molar-refractivity contribution < 1.29 is 9.47 Å². The molecule has 1 aliphatic heterocycles. The monoisotopic (exact) mass is 184 g/mol. The summed E-state index contributed by atoms with van der Waals surface area (Å²) < 4.78 is 11.0. The minimum atomic E-state index is -0.315. The number of hydrogen-bond donors (Lipinski definition) is 0. The van der Waals surface area contributed by atoms with E-state index in [9.17, 15) is 0 Å². The van der Waals surface area contributed by atoms with E-state index in [1.807, 2.05) is 6.92 Å². The van der Waals surface area contributed by atoms with Crippen LogP contribution in [0.15, 0.2) is 11.6 Å². The molecule has 0 aliphatic carbocycles. The Labute approximate surface area is 80.9 Å². The second-order valence-corrected chi connectivity index (χ2v) is 3.77. The highest BCUT2D eigenvalue weighted by molar-refractivity contribution is 4.97. The molecule has 0 amide bonds. The number of rotatable bonds is 4. The Morgan fingerprint density at radius 1 is 1.38 bits per heavy atom. The first kappa shape index (κ1) is 10.7. The van der Waals surface area contributed by atoms with Gasteiger partial charge in [-0.05, 0) is 26.7 Å². The highest BCUT2D eigenvalue weighted by atomic mass is 16.7. The molecule has 0 bridgehead atoms. The maximum absolute atomic E-state index is 5.50. The average Bonchev–Trinajstić information content (AvgIpc) is 2.52. The molecule has 2 nitrogen and oxygen atoms in total. The van der Waals surface area contributed by atoms with Crippen LogP contribution in [0.3, 0.4) is 0 Å². The predicted molar refractivity (Wildman–Crippen MR) is 53.6 cm³/mol. The summed E-state index contributed by atoms with van der Waals surface area (Å²) in [6.45, 7) is 7.85. The highest BCUT2D eigenvalue weighted by Gasteiger charge is 2.29. The van der Waals surface area contributed by atoms with Crippen molar-refractivity contribution >= 4 is 0 Å². The fourth-order valence-corrected chi connectivity index (χ4v) is 1.43. The molecule has 13 heavy (non-hydrogen) atoms. The molecule has 1 saturated heterocycles. The van der Waals surface area contributed by atoms with Crippen LogP contribution in [-0.2, 0) is 9.47 Å². The molecule has 0 atom stereocenters. The van der Waals surface area contributed by atoms with Gasteiger partial charge in [-0.1, -0.05) is 18.6 Å². The van der Waals surface area contributed by atoms with E-state index < -0.39 is 0 Å². The second kappa shape index (κ2) is 4.77. The molecule has 76 valence electrons. The molecule has 1 rings (SSSR count). The van der Waals surface area contributed by atoms with Crippen molar-refractivity contribution in [3.8, 4) is 0 Å². The van der Waals surface area contributed by atoms with Crippen molar-refractivity contribution in [3.05, 3.63) is 11.6 Å². The van der Waals surface area contributed by atoms with E-state index in [0.717, 1.165) is 32.5 Å². The summed E-state index contributed by atoms with van der Waals surface area (Å²) in [4.78, 5) is 0. The molecule has 1 heterocycles.